The largest absolute Gasteiger partial charge is 0.302 e. The molecule has 1 aliphatic heterocycles. The normalized spacial score (nSPS) is 15.0. The lowest BCUT2D eigenvalue weighted by atomic mass is 10.1. The standard InChI is InChI=1S/C38H80N4/c1-5-9-12-15-18-21-24-28-40(29-25-22-19-16-13-10-6-2)33-34-41(30-26-23-20-17-14-11-7-3)35-38-42-36-31-39(27-8-4)32-37-42/h5-38H2,1-4H3. The highest BCUT2D eigenvalue weighted by Crippen LogP contribution is 2.12. The van der Waals surface area contributed by atoms with Gasteiger partial charge in [-0.05, 0) is 51.9 Å². The first-order valence-corrected chi connectivity index (χ1v) is 19.6. The second-order valence-corrected chi connectivity index (χ2v) is 13.7. The molecule has 0 amide bonds. The van der Waals surface area contributed by atoms with Gasteiger partial charge in [0.2, 0.25) is 0 Å². The maximum atomic E-state index is 2.86. The quantitative estimate of drug-likeness (QED) is 0.0721. The third kappa shape index (κ3) is 24.2. The molecule has 4 nitrogen and oxygen atoms in total. The number of hydrogen-bond acceptors (Lipinski definition) is 4. The van der Waals surface area contributed by atoms with Crippen molar-refractivity contribution in [2.24, 2.45) is 0 Å². The predicted molar refractivity (Wildman–Crippen MR) is 190 cm³/mol. The summed E-state index contributed by atoms with van der Waals surface area (Å²) in [5, 5.41) is 0. The van der Waals surface area contributed by atoms with Crippen LogP contribution in [0.5, 0.6) is 0 Å². The molecule has 4 heteroatoms. The third-order valence-electron chi connectivity index (χ3n) is 9.70. The number of rotatable bonds is 32. The topological polar surface area (TPSA) is 13.0 Å². The van der Waals surface area contributed by atoms with Gasteiger partial charge in [-0.3, -0.25) is 4.90 Å². The molecule has 0 unspecified atom stereocenters. The van der Waals surface area contributed by atoms with E-state index in [0.717, 1.165) is 0 Å². The van der Waals surface area contributed by atoms with Crippen LogP contribution < -0.4 is 0 Å². The molecule has 0 N–H and O–H groups in total. The van der Waals surface area contributed by atoms with Crippen molar-refractivity contribution in [2.45, 2.75) is 169 Å². The number of unbranched alkanes of at least 4 members (excludes halogenated alkanes) is 18. The van der Waals surface area contributed by atoms with Crippen LogP contribution in [0.4, 0.5) is 0 Å². The molecular formula is C38H80N4. The van der Waals surface area contributed by atoms with Crippen molar-refractivity contribution >= 4 is 0 Å². The average Bonchev–Trinajstić information content (AvgIpc) is 3.01. The Morgan fingerprint density at radius 2 is 0.619 bits per heavy atom. The van der Waals surface area contributed by atoms with Gasteiger partial charge in [0.05, 0.1) is 0 Å². The summed E-state index contributed by atoms with van der Waals surface area (Å²) in [5.41, 5.74) is 0. The van der Waals surface area contributed by atoms with Crippen molar-refractivity contribution in [3.05, 3.63) is 0 Å². The fraction of sp³-hybridized carbons (Fsp3) is 1.00. The molecule has 0 spiro atoms. The Balaban J connectivity index is 2.52. The molecular weight excluding hydrogens is 512 g/mol. The van der Waals surface area contributed by atoms with Gasteiger partial charge in [-0.15, -0.1) is 0 Å². The summed E-state index contributed by atoms with van der Waals surface area (Å²) in [4.78, 5) is 11.1. The van der Waals surface area contributed by atoms with E-state index in [4.69, 9.17) is 0 Å². The van der Waals surface area contributed by atoms with Crippen molar-refractivity contribution in [2.75, 3.05) is 78.5 Å². The van der Waals surface area contributed by atoms with E-state index in [9.17, 15) is 0 Å². The van der Waals surface area contributed by atoms with Crippen molar-refractivity contribution < 1.29 is 0 Å². The van der Waals surface area contributed by atoms with Gasteiger partial charge in [0.25, 0.3) is 0 Å². The van der Waals surface area contributed by atoms with Gasteiger partial charge >= 0.3 is 0 Å². The highest BCUT2D eigenvalue weighted by atomic mass is 15.3. The first-order chi connectivity index (χ1) is 20.7. The van der Waals surface area contributed by atoms with Crippen LogP contribution in [-0.4, -0.2) is 98.1 Å². The lowest BCUT2D eigenvalue weighted by molar-refractivity contribution is 0.114. The van der Waals surface area contributed by atoms with Gasteiger partial charge in [0.15, 0.2) is 0 Å². The lowest BCUT2D eigenvalue weighted by Crippen LogP contribution is -2.49. The minimum Gasteiger partial charge on any atom is -0.302 e. The molecule has 0 aromatic carbocycles. The summed E-state index contributed by atoms with van der Waals surface area (Å²) >= 11 is 0. The van der Waals surface area contributed by atoms with E-state index in [1.54, 1.807) is 0 Å². The summed E-state index contributed by atoms with van der Waals surface area (Å²) in [7, 11) is 0. The lowest BCUT2D eigenvalue weighted by Gasteiger charge is -2.36. The van der Waals surface area contributed by atoms with Gasteiger partial charge in [-0.25, -0.2) is 0 Å². The Morgan fingerprint density at radius 1 is 0.310 bits per heavy atom. The second kappa shape index (κ2) is 30.8. The van der Waals surface area contributed by atoms with Crippen LogP contribution in [0.25, 0.3) is 0 Å². The smallest absolute Gasteiger partial charge is 0.0110 e. The van der Waals surface area contributed by atoms with E-state index in [0.29, 0.717) is 0 Å². The molecule has 1 rings (SSSR count). The van der Waals surface area contributed by atoms with Crippen LogP contribution in [-0.2, 0) is 0 Å². The molecule has 42 heavy (non-hydrogen) atoms. The minimum absolute atomic E-state index is 1.27. The Morgan fingerprint density at radius 3 is 0.976 bits per heavy atom. The zero-order valence-electron chi connectivity index (χ0n) is 29.8. The van der Waals surface area contributed by atoms with Crippen LogP contribution in [0.2, 0.25) is 0 Å². The molecule has 0 atom stereocenters. The Bertz CT molecular complexity index is 501. The first kappa shape index (κ1) is 39.9. The summed E-state index contributed by atoms with van der Waals surface area (Å²) in [6, 6.07) is 0. The van der Waals surface area contributed by atoms with E-state index in [2.05, 4.69) is 47.3 Å². The predicted octanol–water partition coefficient (Wildman–Crippen LogP) is 9.87. The van der Waals surface area contributed by atoms with Gasteiger partial charge in [-0.2, -0.15) is 0 Å². The number of piperazine rings is 1. The molecule has 0 saturated carbocycles. The fourth-order valence-corrected chi connectivity index (χ4v) is 6.67. The van der Waals surface area contributed by atoms with Crippen molar-refractivity contribution in [3.8, 4) is 0 Å². The van der Waals surface area contributed by atoms with Gasteiger partial charge in [0.1, 0.15) is 0 Å². The monoisotopic (exact) mass is 593 g/mol. The van der Waals surface area contributed by atoms with E-state index < -0.39 is 0 Å². The van der Waals surface area contributed by atoms with E-state index in [-0.39, 0.29) is 0 Å². The Labute approximate surface area is 266 Å². The molecule has 0 aromatic heterocycles. The molecule has 0 aromatic rings. The molecule has 0 aliphatic carbocycles. The van der Waals surface area contributed by atoms with Crippen molar-refractivity contribution in [1.82, 2.24) is 19.6 Å². The number of hydrogen-bond donors (Lipinski definition) is 0. The zero-order chi connectivity index (χ0) is 30.4. The summed E-state index contributed by atoms with van der Waals surface area (Å²) in [6.07, 6.45) is 31.1. The van der Waals surface area contributed by atoms with Crippen LogP contribution in [0.15, 0.2) is 0 Å². The molecule has 1 aliphatic rings. The van der Waals surface area contributed by atoms with Gasteiger partial charge in [0, 0.05) is 52.4 Å². The van der Waals surface area contributed by atoms with E-state index >= 15 is 0 Å². The molecule has 1 saturated heterocycles. The van der Waals surface area contributed by atoms with Crippen LogP contribution in [0, 0.1) is 0 Å². The maximum Gasteiger partial charge on any atom is 0.0110 e. The first-order valence-electron chi connectivity index (χ1n) is 19.6. The molecule has 1 heterocycles. The fourth-order valence-electron chi connectivity index (χ4n) is 6.67. The summed E-state index contributed by atoms with van der Waals surface area (Å²) in [5.74, 6) is 0. The molecule has 0 radical (unpaired) electrons. The van der Waals surface area contributed by atoms with Crippen LogP contribution in [0.3, 0.4) is 0 Å². The summed E-state index contributed by atoms with van der Waals surface area (Å²) < 4.78 is 0. The maximum absolute atomic E-state index is 2.86. The summed E-state index contributed by atoms with van der Waals surface area (Å²) in [6.45, 7) is 24.7. The molecule has 1 fully saturated rings. The highest BCUT2D eigenvalue weighted by Gasteiger charge is 2.17. The van der Waals surface area contributed by atoms with Crippen molar-refractivity contribution in [3.63, 3.8) is 0 Å². The number of nitrogens with zero attached hydrogens (tertiary/aromatic N) is 4. The van der Waals surface area contributed by atoms with Gasteiger partial charge in [-0.1, -0.05) is 143 Å². The van der Waals surface area contributed by atoms with E-state index in [1.807, 2.05) is 0 Å². The highest BCUT2D eigenvalue weighted by molar-refractivity contribution is 4.74. The molecule has 252 valence electrons. The van der Waals surface area contributed by atoms with Crippen LogP contribution >= 0.6 is 0 Å². The third-order valence-corrected chi connectivity index (χ3v) is 9.70. The SMILES string of the molecule is CCCCCCCCCN(CCCCCCCCC)CCN(CCCCCCCCC)CCN1CCN(CCC)CC1. The van der Waals surface area contributed by atoms with Gasteiger partial charge < -0.3 is 14.7 Å². The molecule has 0 bridgehead atoms. The zero-order valence-corrected chi connectivity index (χ0v) is 29.8. The average molecular weight is 593 g/mol. The van der Waals surface area contributed by atoms with Crippen molar-refractivity contribution in [1.29, 1.82) is 0 Å². The minimum atomic E-state index is 1.27. The Kier molecular flexibility index (Phi) is 29.3. The second-order valence-electron chi connectivity index (χ2n) is 13.7. The van der Waals surface area contributed by atoms with E-state index in [1.165, 1.54) is 220 Å². The Hall–Kier alpha value is -0.160. The van der Waals surface area contributed by atoms with Crippen LogP contribution in [0.1, 0.15) is 169 Å².